The maximum Gasteiger partial charge on any atom is 0.252 e. The lowest BCUT2D eigenvalue weighted by Crippen LogP contribution is -2.36. The summed E-state index contributed by atoms with van der Waals surface area (Å²) in [5, 5.41) is 17.4. The van der Waals surface area contributed by atoms with Gasteiger partial charge in [0.15, 0.2) is 0 Å². The highest BCUT2D eigenvalue weighted by Crippen LogP contribution is 2.29. The fourth-order valence-electron chi connectivity index (χ4n) is 3.87. The van der Waals surface area contributed by atoms with Crippen molar-refractivity contribution in [1.29, 1.82) is 0 Å². The molecule has 1 fully saturated rings. The Hall–Kier alpha value is -3.03. The number of hydrogen-bond acceptors (Lipinski definition) is 5. The number of nitrogens with one attached hydrogen (secondary N) is 1. The zero-order valence-corrected chi connectivity index (χ0v) is 17.9. The Morgan fingerprint density at radius 2 is 1.84 bits per heavy atom. The van der Waals surface area contributed by atoms with Crippen molar-refractivity contribution < 1.29 is 14.6 Å². The zero-order valence-electron chi connectivity index (χ0n) is 17.1. The number of ether oxygens (including phenoxy) is 1. The Morgan fingerprint density at radius 1 is 1.13 bits per heavy atom. The second-order valence-corrected chi connectivity index (χ2v) is 8.02. The van der Waals surface area contributed by atoms with E-state index in [0.717, 1.165) is 29.9 Å². The summed E-state index contributed by atoms with van der Waals surface area (Å²) in [6.07, 6.45) is 1.73. The highest BCUT2D eigenvalue weighted by Gasteiger charge is 2.19. The molecule has 1 aliphatic rings. The van der Waals surface area contributed by atoms with Gasteiger partial charge in [0.1, 0.15) is 5.75 Å². The largest absolute Gasteiger partial charge is 0.508 e. The van der Waals surface area contributed by atoms with Gasteiger partial charge in [0.25, 0.3) is 5.91 Å². The lowest BCUT2D eigenvalue weighted by molar-refractivity contribution is 0.0998. The Labute approximate surface area is 185 Å². The molecule has 4 N–H and O–H groups in total. The predicted molar refractivity (Wildman–Crippen MR) is 120 cm³/mol. The average molecular weight is 441 g/mol. The highest BCUT2D eigenvalue weighted by molar-refractivity contribution is 6.33. The molecule has 1 aliphatic heterocycles. The monoisotopic (exact) mass is 440 g/mol. The average Bonchev–Trinajstić information content (AvgIpc) is 3.17. The molecule has 0 unspecified atom stereocenters. The van der Waals surface area contributed by atoms with Gasteiger partial charge in [0.05, 0.1) is 40.9 Å². The van der Waals surface area contributed by atoms with Gasteiger partial charge in [-0.1, -0.05) is 29.8 Å². The number of nitrogens with zero attached hydrogens (tertiary/aromatic N) is 2. The van der Waals surface area contributed by atoms with Crippen molar-refractivity contribution in [1.82, 2.24) is 10.2 Å². The number of rotatable bonds is 7. The molecule has 7 nitrogen and oxygen atoms in total. The van der Waals surface area contributed by atoms with Gasteiger partial charge in [-0.15, -0.1) is 0 Å². The van der Waals surface area contributed by atoms with Crippen LogP contribution in [0.25, 0.3) is 0 Å². The first-order chi connectivity index (χ1) is 15.0. The van der Waals surface area contributed by atoms with Crippen molar-refractivity contribution in [2.45, 2.75) is 19.3 Å². The molecule has 31 heavy (non-hydrogen) atoms. The van der Waals surface area contributed by atoms with Crippen LogP contribution in [0.2, 0.25) is 5.02 Å². The molecule has 4 rings (SSSR count). The number of carbonyl (C=O) groups excluding carboxylic acids is 1. The maximum absolute atomic E-state index is 12.2. The number of anilines is 1. The van der Waals surface area contributed by atoms with Gasteiger partial charge in [-0.3, -0.25) is 9.89 Å². The lowest BCUT2D eigenvalue weighted by Gasteiger charge is -2.29. The predicted octanol–water partition coefficient (Wildman–Crippen LogP) is 3.08. The summed E-state index contributed by atoms with van der Waals surface area (Å²) in [7, 11) is 0. The van der Waals surface area contributed by atoms with Crippen molar-refractivity contribution in [3.05, 3.63) is 75.6 Å². The van der Waals surface area contributed by atoms with Gasteiger partial charge in [-0.2, -0.15) is 5.10 Å². The molecule has 3 aromatic rings. The molecule has 1 amide bonds. The van der Waals surface area contributed by atoms with Crippen LogP contribution >= 0.6 is 11.6 Å². The maximum atomic E-state index is 12.2. The summed E-state index contributed by atoms with van der Waals surface area (Å²) in [4.78, 5) is 14.4. The van der Waals surface area contributed by atoms with Crippen LogP contribution in [0.3, 0.4) is 0 Å². The summed E-state index contributed by atoms with van der Waals surface area (Å²) >= 11 is 6.55. The number of carbonyl (C=O) groups is 1. The van der Waals surface area contributed by atoms with E-state index in [1.165, 1.54) is 0 Å². The van der Waals surface area contributed by atoms with Crippen LogP contribution in [0.1, 0.15) is 32.9 Å². The molecule has 162 valence electrons. The fraction of sp³-hybridized carbons (Fsp3) is 0.304. The van der Waals surface area contributed by atoms with Gasteiger partial charge < -0.3 is 20.5 Å². The molecule has 0 spiro atoms. The van der Waals surface area contributed by atoms with Crippen molar-refractivity contribution in [2.24, 2.45) is 5.73 Å². The molecule has 0 radical (unpaired) electrons. The highest BCUT2D eigenvalue weighted by atomic mass is 35.5. The molecule has 2 heterocycles. The van der Waals surface area contributed by atoms with E-state index < -0.39 is 5.91 Å². The zero-order chi connectivity index (χ0) is 21.8. The topological polar surface area (TPSA) is 104 Å². The number of phenolic OH excluding ortho intramolecular Hbond substituents is 1. The second kappa shape index (κ2) is 9.41. The first kappa shape index (κ1) is 21.2. The van der Waals surface area contributed by atoms with Gasteiger partial charge >= 0.3 is 0 Å². The van der Waals surface area contributed by atoms with Crippen LogP contribution in [-0.2, 0) is 24.0 Å². The number of aromatic hydroxyl groups is 1. The summed E-state index contributed by atoms with van der Waals surface area (Å²) in [6, 6.07) is 12.9. The van der Waals surface area contributed by atoms with Crippen LogP contribution in [0.15, 0.2) is 42.5 Å². The number of hydrogen-bond donors (Lipinski definition) is 3. The minimum atomic E-state index is -0.500. The van der Waals surface area contributed by atoms with Crippen LogP contribution in [0.5, 0.6) is 5.75 Å². The Kier molecular flexibility index (Phi) is 6.44. The number of amides is 1. The minimum Gasteiger partial charge on any atom is -0.508 e. The minimum absolute atomic E-state index is 0.224. The van der Waals surface area contributed by atoms with E-state index in [9.17, 15) is 9.90 Å². The molecule has 8 heteroatoms. The van der Waals surface area contributed by atoms with E-state index in [0.29, 0.717) is 54.5 Å². The van der Waals surface area contributed by atoms with E-state index in [1.807, 2.05) is 30.3 Å². The van der Waals surface area contributed by atoms with Gasteiger partial charge in [0.2, 0.25) is 0 Å². The Morgan fingerprint density at radius 3 is 2.52 bits per heavy atom. The third kappa shape index (κ3) is 5.00. The molecule has 0 atom stereocenters. The molecule has 1 saturated heterocycles. The number of morpholine rings is 1. The third-order valence-electron chi connectivity index (χ3n) is 5.49. The normalized spacial score (nSPS) is 14.0. The quantitative estimate of drug-likeness (QED) is 0.523. The van der Waals surface area contributed by atoms with Crippen LogP contribution in [0, 0.1) is 0 Å². The van der Waals surface area contributed by atoms with Gasteiger partial charge in [-0.05, 0) is 48.2 Å². The summed E-state index contributed by atoms with van der Waals surface area (Å²) in [5.41, 5.74) is 10.4. The van der Waals surface area contributed by atoms with Gasteiger partial charge in [0, 0.05) is 19.5 Å². The summed E-state index contributed by atoms with van der Waals surface area (Å²) < 4.78 is 5.40. The van der Waals surface area contributed by atoms with Crippen LogP contribution < -0.4 is 10.6 Å². The molecule has 0 saturated carbocycles. The van der Waals surface area contributed by atoms with Gasteiger partial charge in [-0.25, -0.2) is 0 Å². The van der Waals surface area contributed by atoms with Crippen LogP contribution in [-0.4, -0.2) is 47.5 Å². The Balaban J connectivity index is 1.49. The van der Waals surface area contributed by atoms with Crippen molar-refractivity contribution in [2.75, 3.05) is 31.2 Å². The first-order valence-electron chi connectivity index (χ1n) is 10.3. The third-order valence-corrected chi connectivity index (χ3v) is 5.80. The number of nitrogens with two attached hydrogens (primary N) is 1. The number of aromatic nitrogens is 2. The fourth-order valence-corrected chi connectivity index (χ4v) is 4.19. The molecule has 2 aromatic carbocycles. The van der Waals surface area contributed by atoms with Crippen molar-refractivity contribution >= 4 is 23.2 Å². The van der Waals surface area contributed by atoms with Crippen molar-refractivity contribution in [3.63, 3.8) is 0 Å². The van der Waals surface area contributed by atoms with E-state index in [2.05, 4.69) is 15.1 Å². The van der Waals surface area contributed by atoms with E-state index in [-0.39, 0.29) is 5.75 Å². The van der Waals surface area contributed by atoms with E-state index in [4.69, 9.17) is 22.1 Å². The second-order valence-electron chi connectivity index (χ2n) is 7.62. The number of halogens is 1. The smallest absolute Gasteiger partial charge is 0.252 e. The van der Waals surface area contributed by atoms with Crippen LogP contribution in [0.4, 0.5) is 5.69 Å². The van der Waals surface area contributed by atoms with Crippen molar-refractivity contribution in [3.8, 4) is 5.75 Å². The number of H-pyrrole nitrogens is 1. The lowest BCUT2D eigenvalue weighted by atomic mass is 10.0. The standard InChI is InChI=1S/C23H25ClN4O3/c24-18-13-16(4-8-21(18)28-9-11-31-12-10-28)14-20-22(23(25)30)19(26-27-20)7-3-15-1-5-17(29)6-2-15/h1-2,4-6,8,13,29H,3,7,9-12,14H2,(H2,25,30)(H,26,27). The molecule has 0 aliphatic carbocycles. The number of aryl methyl sites for hydroxylation is 2. The molecular weight excluding hydrogens is 416 g/mol. The number of aromatic amines is 1. The van der Waals surface area contributed by atoms with E-state index in [1.54, 1.807) is 12.1 Å². The summed E-state index contributed by atoms with van der Waals surface area (Å²) in [5.74, 6) is -0.276. The molecular formula is C23H25ClN4O3. The summed E-state index contributed by atoms with van der Waals surface area (Å²) in [6.45, 7) is 3.02. The number of phenols is 1. The first-order valence-corrected chi connectivity index (χ1v) is 10.6. The molecule has 1 aromatic heterocycles. The molecule has 0 bridgehead atoms. The Bertz CT molecular complexity index is 1060. The van der Waals surface area contributed by atoms with E-state index >= 15 is 0 Å². The number of benzene rings is 2. The number of primary amides is 1. The SMILES string of the molecule is NC(=O)c1c(CCc2ccc(O)cc2)n[nH]c1Cc1ccc(N2CCOCC2)c(Cl)c1.